The second-order valence-corrected chi connectivity index (χ2v) is 8.08. The Balaban J connectivity index is 1.60. The lowest BCUT2D eigenvalue weighted by Crippen LogP contribution is -2.41. The van der Waals surface area contributed by atoms with Crippen LogP contribution in [0.1, 0.15) is 61.7 Å². The summed E-state index contributed by atoms with van der Waals surface area (Å²) in [6, 6.07) is 3.78. The average molecular weight is 410 g/mol. The Hall–Kier alpha value is -2.16. The van der Waals surface area contributed by atoms with E-state index in [1.54, 1.807) is 16.3 Å². The molecule has 2 aliphatic rings. The van der Waals surface area contributed by atoms with Gasteiger partial charge in [-0.15, -0.1) is 0 Å². The van der Waals surface area contributed by atoms with Crippen LogP contribution in [0.2, 0.25) is 0 Å². The highest BCUT2D eigenvalue weighted by molar-refractivity contribution is 5.73. The molecule has 1 atom stereocenters. The largest absolute Gasteiger partial charge is 0.391 e. The van der Waals surface area contributed by atoms with Gasteiger partial charge in [0.1, 0.15) is 6.10 Å². The number of morpholine rings is 1. The van der Waals surface area contributed by atoms with Crippen molar-refractivity contribution in [3.8, 4) is 0 Å². The summed E-state index contributed by atoms with van der Waals surface area (Å²) < 4.78 is 46.5. The number of aryl methyl sites for hydroxylation is 1. The van der Waals surface area contributed by atoms with Crippen LogP contribution in [-0.4, -0.2) is 51.3 Å². The highest BCUT2D eigenvalue weighted by Gasteiger charge is 2.42. The van der Waals surface area contributed by atoms with Crippen molar-refractivity contribution in [3.63, 3.8) is 0 Å². The molecule has 1 aliphatic carbocycles. The quantitative estimate of drug-likeness (QED) is 0.756. The van der Waals surface area contributed by atoms with Gasteiger partial charge in [-0.3, -0.25) is 4.79 Å². The van der Waals surface area contributed by atoms with E-state index in [9.17, 15) is 18.0 Å². The van der Waals surface area contributed by atoms with Crippen molar-refractivity contribution in [2.45, 2.75) is 57.7 Å². The van der Waals surface area contributed by atoms with E-state index in [-0.39, 0.29) is 30.8 Å². The van der Waals surface area contributed by atoms with E-state index in [0.29, 0.717) is 38.2 Å². The van der Waals surface area contributed by atoms with Crippen LogP contribution in [0, 0.1) is 12.8 Å². The Labute approximate surface area is 167 Å². The number of carbonyl (C=O) groups excluding carboxylic acids is 1. The molecular formula is C20H25F3N4O2. The Kier molecular flexibility index (Phi) is 5.27. The number of carbonyl (C=O) groups is 1. The highest BCUT2D eigenvalue weighted by atomic mass is 19.4. The topological polar surface area (TPSA) is 59.7 Å². The molecule has 9 heteroatoms. The average Bonchev–Trinajstić information content (AvgIpc) is 3.10. The van der Waals surface area contributed by atoms with E-state index >= 15 is 0 Å². The van der Waals surface area contributed by atoms with Crippen molar-refractivity contribution < 1.29 is 22.7 Å². The second-order valence-electron chi connectivity index (χ2n) is 8.08. The maximum absolute atomic E-state index is 13.0. The van der Waals surface area contributed by atoms with Gasteiger partial charge in [0.15, 0.2) is 5.65 Å². The van der Waals surface area contributed by atoms with Crippen LogP contribution in [0.5, 0.6) is 0 Å². The number of halogens is 3. The van der Waals surface area contributed by atoms with E-state index in [1.165, 1.54) is 0 Å². The number of amides is 1. The molecule has 0 radical (unpaired) electrons. The molecule has 158 valence electrons. The first-order valence-electron chi connectivity index (χ1n) is 10.0. The van der Waals surface area contributed by atoms with Crippen molar-refractivity contribution in [1.29, 1.82) is 0 Å². The predicted molar refractivity (Wildman–Crippen MR) is 99.4 cm³/mol. The zero-order valence-corrected chi connectivity index (χ0v) is 16.6. The lowest BCUT2D eigenvalue weighted by Gasteiger charge is -2.32. The van der Waals surface area contributed by atoms with Crippen molar-refractivity contribution in [1.82, 2.24) is 19.5 Å². The van der Waals surface area contributed by atoms with Gasteiger partial charge in [-0.2, -0.15) is 18.3 Å². The normalized spacial score (nSPS) is 26.1. The van der Waals surface area contributed by atoms with Gasteiger partial charge in [-0.1, -0.05) is 0 Å². The van der Waals surface area contributed by atoms with E-state index in [0.717, 1.165) is 17.1 Å². The Morgan fingerprint density at radius 2 is 1.93 bits per heavy atom. The standard InChI is InChI=1S/C20H25F3N4O2/c1-12-9-17(18-11-26(13(2)28)7-8-29-18)27-19(24-12)10-16(25-27)14-3-5-15(6-4-14)20(21,22)23/h9-10,14-15,18H,3-8,11H2,1-2H3/t14-,15-,18-/m1/s1. The smallest absolute Gasteiger partial charge is 0.368 e. The second kappa shape index (κ2) is 7.59. The molecule has 0 aromatic carbocycles. The third-order valence-corrected chi connectivity index (χ3v) is 6.05. The first-order valence-corrected chi connectivity index (χ1v) is 10.0. The monoisotopic (exact) mass is 410 g/mol. The molecule has 4 rings (SSSR count). The summed E-state index contributed by atoms with van der Waals surface area (Å²) in [5.41, 5.74) is 3.07. The van der Waals surface area contributed by atoms with Gasteiger partial charge in [-0.25, -0.2) is 9.50 Å². The molecule has 29 heavy (non-hydrogen) atoms. The maximum Gasteiger partial charge on any atom is 0.391 e. The summed E-state index contributed by atoms with van der Waals surface area (Å²) >= 11 is 0. The van der Waals surface area contributed by atoms with Gasteiger partial charge in [-0.05, 0) is 38.7 Å². The molecule has 2 aromatic rings. The van der Waals surface area contributed by atoms with Crippen LogP contribution in [0.3, 0.4) is 0 Å². The molecular weight excluding hydrogens is 385 g/mol. The molecule has 1 saturated heterocycles. The number of fused-ring (bicyclic) bond motifs is 1. The lowest BCUT2D eigenvalue weighted by molar-refractivity contribution is -0.182. The van der Waals surface area contributed by atoms with Crippen molar-refractivity contribution >= 4 is 11.6 Å². The predicted octanol–water partition coefficient (Wildman–Crippen LogP) is 3.79. The highest BCUT2D eigenvalue weighted by Crippen LogP contribution is 2.42. The molecule has 0 unspecified atom stereocenters. The van der Waals surface area contributed by atoms with Gasteiger partial charge >= 0.3 is 6.18 Å². The van der Waals surface area contributed by atoms with Crippen molar-refractivity contribution in [2.24, 2.45) is 5.92 Å². The molecule has 2 aromatic heterocycles. The molecule has 0 bridgehead atoms. The first-order chi connectivity index (χ1) is 13.7. The minimum absolute atomic E-state index is 0.00269. The fraction of sp³-hybridized carbons (Fsp3) is 0.650. The number of aromatic nitrogens is 3. The fourth-order valence-electron chi connectivity index (χ4n) is 4.41. The van der Waals surface area contributed by atoms with Crippen LogP contribution < -0.4 is 0 Å². The minimum atomic E-state index is -4.11. The van der Waals surface area contributed by atoms with Gasteiger partial charge in [0, 0.05) is 31.1 Å². The van der Waals surface area contributed by atoms with Gasteiger partial charge in [0.2, 0.25) is 5.91 Å². The van der Waals surface area contributed by atoms with Crippen LogP contribution in [0.15, 0.2) is 12.1 Å². The zero-order chi connectivity index (χ0) is 20.8. The van der Waals surface area contributed by atoms with Gasteiger partial charge < -0.3 is 9.64 Å². The molecule has 2 fully saturated rings. The SMILES string of the molecule is CC(=O)N1CCO[C@@H](c2cc(C)nc3cc([C@H]4CC[C@H](C(F)(F)F)CC4)nn23)C1. The molecule has 1 aliphatic heterocycles. The molecule has 3 heterocycles. The first kappa shape index (κ1) is 20.1. The van der Waals surface area contributed by atoms with Crippen LogP contribution in [0.4, 0.5) is 13.2 Å². The van der Waals surface area contributed by atoms with E-state index in [1.807, 2.05) is 19.1 Å². The van der Waals surface area contributed by atoms with E-state index in [4.69, 9.17) is 9.84 Å². The minimum Gasteiger partial charge on any atom is -0.368 e. The summed E-state index contributed by atoms with van der Waals surface area (Å²) in [6.07, 6.45) is -3.20. The van der Waals surface area contributed by atoms with E-state index < -0.39 is 12.1 Å². The van der Waals surface area contributed by atoms with Gasteiger partial charge in [0.05, 0.1) is 30.5 Å². The lowest BCUT2D eigenvalue weighted by atomic mass is 9.80. The fourth-order valence-corrected chi connectivity index (χ4v) is 4.41. The van der Waals surface area contributed by atoms with E-state index in [2.05, 4.69) is 4.98 Å². The summed E-state index contributed by atoms with van der Waals surface area (Å²) in [6.45, 7) is 4.88. The van der Waals surface area contributed by atoms with Crippen LogP contribution in [-0.2, 0) is 9.53 Å². The number of nitrogens with zero attached hydrogens (tertiary/aromatic N) is 4. The number of ether oxygens (including phenoxy) is 1. The number of rotatable bonds is 2. The number of alkyl halides is 3. The molecule has 1 saturated carbocycles. The van der Waals surface area contributed by atoms with Gasteiger partial charge in [0.25, 0.3) is 0 Å². The third-order valence-electron chi connectivity index (χ3n) is 6.05. The maximum atomic E-state index is 13.0. The van der Waals surface area contributed by atoms with Crippen molar-refractivity contribution in [3.05, 3.63) is 29.2 Å². The van der Waals surface area contributed by atoms with Crippen molar-refractivity contribution in [2.75, 3.05) is 19.7 Å². The molecule has 0 N–H and O–H groups in total. The summed E-state index contributed by atoms with van der Waals surface area (Å²) in [5, 5.41) is 4.70. The Morgan fingerprint density at radius 3 is 2.59 bits per heavy atom. The molecule has 1 amide bonds. The molecule has 0 spiro atoms. The number of hydrogen-bond acceptors (Lipinski definition) is 4. The third kappa shape index (κ3) is 4.10. The zero-order valence-electron chi connectivity index (χ0n) is 16.6. The van der Waals surface area contributed by atoms with Crippen LogP contribution >= 0.6 is 0 Å². The summed E-state index contributed by atoms with van der Waals surface area (Å²) in [4.78, 5) is 18.1. The number of hydrogen-bond donors (Lipinski definition) is 0. The summed E-state index contributed by atoms with van der Waals surface area (Å²) in [7, 11) is 0. The van der Waals surface area contributed by atoms with Crippen LogP contribution in [0.25, 0.3) is 5.65 Å². The Bertz CT molecular complexity index is 903. The Morgan fingerprint density at radius 1 is 1.21 bits per heavy atom. The summed E-state index contributed by atoms with van der Waals surface area (Å²) in [5.74, 6) is -1.20. The molecule has 6 nitrogen and oxygen atoms in total.